The SMILES string of the molecule is CCN(C(=O)CCc1ccc(F)cc1)c1ccc2cccc(C(C)c3cnc[nH]3)c2c1. The van der Waals surface area contributed by atoms with Gasteiger partial charge in [-0.15, -0.1) is 0 Å². The number of carbonyl (C=O) groups excluding carboxylic acids is 1. The molecule has 158 valence electrons. The topological polar surface area (TPSA) is 49.0 Å². The zero-order valence-corrected chi connectivity index (χ0v) is 17.8. The third-order valence-electron chi connectivity index (χ3n) is 5.82. The van der Waals surface area contributed by atoms with Crippen LogP contribution in [-0.4, -0.2) is 22.4 Å². The number of nitrogens with zero attached hydrogens (tertiary/aromatic N) is 2. The van der Waals surface area contributed by atoms with Crippen LogP contribution in [0.15, 0.2) is 73.2 Å². The highest BCUT2D eigenvalue weighted by Gasteiger charge is 2.17. The number of fused-ring (bicyclic) bond motifs is 1. The van der Waals surface area contributed by atoms with Crippen LogP contribution in [0.5, 0.6) is 0 Å². The van der Waals surface area contributed by atoms with E-state index in [1.807, 2.05) is 24.1 Å². The minimum Gasteiger partial charge on any atom is -0.348 e. The fraction of sp³-hybridized carbons (Fsp3) is 0.231. The zero-order chi connectivity index (χ0) is 21.8. The number of hydrogen-bond donors (Lipinski definition) is 1. The molecule has 5 heteroatoms. The van der Waals surface area contributed by atoms with E-state index in [2.05, 4.69) is 47.2 Å². The molecule has 4 rings (SSSR count). The Hall–Kier alpha value is -3.47. The Morgan fingerprint density at radius 1 is 1.13 bits per heavy atom. The number of aromatic amines is 1. The Balaban J connectivity index is 1.60. The monoisotopic (exact) mass is 415 g/mol. The van der Waals surface area contributed by atoms with Crippen molar-refractivity contribution in [3.05, 3.63) is 95.8 Å². The van der Waals surface area contributed by atoms with Crippen LogP contribution in [0.4, 0.5) is 10.1 Å². The lowest BCUT2D eigenvalue weighted by molar-refractivity contribution is -0.118. The van der Waals surface area contributed by atoms with Crippen LogP contribution >= 0.6 is 0 Å². The minimum atomic E-state index is -0.262. The molecule has 0 aliphatic rings. The van der Waals surface area contributed by atoms with Crippen molar-refractivity contribution < 1.29 is 9.18 Å². The average molecular weight is 416 g/mol. The summed E-state index contributed by atoms with van der Waals surface area (Å²) < 4.78 is 13.1. The molecule has 0 aliphatic heterocycles. The van der Waals surface area contributed by atoms with Crippen molar-refractivity contribution >= 4 is 22.4 Å². The van der Waals surface area contributed by atoms with Gasteiger partial charge >= 0.3 is 0 Å². The first-order valence-electron chi connectivity index (χ1n) is 10.6. The van der Waals surface area contributed by atoms with Crippen molar-refractivity contribution in [2.75, 3.05) is 11.4 Å². The highest BCUT2D eigenvalue weighted by molar-refractivity contribution is 5.97. The Kier molecular flexibility index (Phi) is 6.12. The van der Waals surface area contributed by atoms with Crippen molar-refractivity contribution in [3.63, 3.8) is 0 Å². The van der Waals surface area contributed by atoms with E-state index in [1.165, 1.54) is 17.7 Å². The summed E-state index contributed by atoms with van der Waals surface area (Å²) >= 11 is 0. The third-order valence-corrected chi connectivity index (χ3v) is 5.82. The van der Waals surface area contributed by atoms with Crippen LogP contribution in [0.2, 0.25) is 0 Å². The summed E-state index contributed by atoms with van der Waals surface area (Å²) in [5, 5.41) is 2.27. The second kappa shape index (κ2) is 9.13. The van der Waals surface area contributed by atoms with Crippen molar-refractivity contribution in [1.29, 1.82) is 0 Å². The second-order valence-electron chi connectivity index (χ2n) is 7.75. The fourth-order valence-electron chi connectivity index (χ4n) is 4.04. The normalized spacial score (nSPS) is 12.1. The number of hydrogen-bond acceptors (Lipinski definition) is 2. The number of carbonyl (C=O) groups is 1. The van der Waals surface area contributed by atoms with Crippen LogP contribution in [0.25, 0.3) is 10.8 Å². The Morgan fingerprint density at radius 3 is 2.65 bits per heavy atom. The van der Waals surface area contributed by atoms with Crippen LogP contribution in [0.1, 0.15) is 43.0 Å². The first-order valence-corrected chi connectivity index (χ1v) is 10.6. The van der Waals surface area contributed by atoms with E-state index in [4.69, 9.17) is 0 Å². The number of anilines is 1. The van der Waals surface area contributed by atoms with Crippen molar-refractivity contribution in [2.45, 2.75) is 32.6 Å². The molecule has 4 nitrogen and oxygen atoms in total. The summed E-state index contributed by atoms with van der Waals surface area (Å²) in [5.74, 6) is -0.0439. The summed E-state index contributed by atoms with van der Waals surface area (Å²) in [5.41, 5.74) is 4.10. The molecule has 0 spiro atoms. The molecule has 3 aromatic carbocycles. The van der Waals surface area contributed by atoms with Gasteiger partial charge in [-0.25, -0.2) is 9.37 Å². The molecule has 0 radical (unpaired) electrons. The standard InChI is InChI=1S/C26H26FN3O/c1-3-30(26(31)14-9-19-7-11-21(27)12-8-19)22-13-10-20-5-4-6-23(24(20)15-22)18(2)25-16-28-17-29-25/h4-8,10-13,15-18H,3,9,14H2,1-2H3,(H,28,29). The van der Waals surface area contributed by atoms with E-state index in [-0.39, 0.29) is 17.6 Å². The Labute approximate surface area is 181 Å². The third kappa shape index (κ3) is 4.50. The lowest BCUT2D eigenvalue weighted by Gasteiger charge is -2.23. The second-order valence-corrected chi connectivity index (χ2v) is 7.75. The molecule has 1 unspecified atom stereocenters. The molecule has 4 aromatic rings. The van der Waals surface area contributed by atoms with Gasteiger partial charge in [-0.3, -0.25) is 4.79 Å². The first kappa shape index (κ1) is 20.8. The molecule has 1 atom stereocenters. The first-order chi connectivity index (χ1) is 15.1. The van der Waals surface area contributed by atoms with Gasteiger partial charge in [0.15, 0.2) is 0 Å². The van der Waals surface area contributed by atoms with Gasteiger partial charge in [0.25, 0.3) is 0 Å². The summed E-state index contributed by atoms with van der Waals surface area (Å²) in [4.78, 5) is 22.2. The number of aromatic nitrogens is 2. The number of amides is 1. The molecule has 0 fully saturated rings. The van der Waals surface area contributed by atoms with E-state index < -0.39 is 0 Å². The molecule has 1 aromatic heterocycles. The van der Waals surface area contributed by atoms with E-state index in [9.17, 15) is 9.18 Å². The van der Waals surface area contributed by atoms with Gasteiger partial charge in [0.1, 0.15) is 5.82 Å². The van der Waals surface area contributed by atoms with Gasteiger partial charge in [-0.2, -0.15) is 0 Å². The average Bonchev–Trinajstić information content (AvgIpc) is 3.33. The molecule has 0 saturated carbocycles. The molecule has 0 aliphatic carbocycles. The summed E-state index contributed by atoms with van der Waals surface area (Å²) in [6.07, 6.45) is 4.51. The van der Waals surface area contributed by atoms with E-state index in [0.29, 0.717) is 19.4 Å². The van der Waals surface area contributed by atoms with Crippen LogP contribution in [-0.2, 0) is 11.2 Å². The highest BCUT2D eigenvalue weighted by Crippen LogP contribution is 2.32. The van der Waals surface area contributed by atoms with Crippen molar-refractivity contribution in [2.24, 2.45) is 0 Å². The zero-order valence-electron chi connectivity index (χ0n) is 17.8. The van der Waals surface area contributed by atoms with Crippen molar-refractivity contribution in [3.8, 4) is 0 Å². The number of halogens is 1. The van der Waals surface area contributed by atoms with Gasteiger partial charge in [-0.05, 0) is 59.5 Å². The number of benzene rings is 3. The van der Waals surface area contributed by atoms with Gasteiger partial charge in [0.05, 0.1) is 6.33 Å². The quantitative estimate of drug-likeness (QED) is 0.412. The fourth-order valence-corrected chi connectivity index (χ4v) is 4.04. The largest absolute Gasteiger partial charge is 0.348 e. The van der Waals surface area contributed by atoms with Crippen LogP contribution < -0.4 is 4.90 Å². The van der Waals surface area contributed by atoms with E-state index >= 15 is 0 Å². The van der Waals surface area contributed by atoms with E-state index in [0.717, 1.165) is 27.7 Å². The molecular weight excluding hydrogens is 389 g/mol. The van der Waals surface area contributed by atoms with Gasteiger partial charge in [0, 0.05) is 36.5 Å². The number of H-pyrrole nitrogens is 1. The molecule has 1 heterocycles. The molecular formula is C26H26FN3O. The molecule has 1 N–H and O–H groups in total. The summed E-state index contributed by atoms with van der Waals surface area (Å²) in [7, 11) is 0. The van der Waals surface area contributed by atoms with Crippen LogP contribution in [0.3, 0.4) is 0 Å². The van der Waals surface area contributed by atoms with Gasteiger partial charge in [0.2, 0.25) is 5.91 Å². The van der Waals surface area contributed by atoms with Crippen LogP contribution in [0, 0.1) is 5.82 Å². The number of aryl methyl sites for hydroxylation is 1. The predicted octanol–water partition coefficient (Wildman–Crippen LogP) is 5.84. The number of imidazole rings is 1. The minimum absolute atomic E-state index is 0.0604. The smallest absolute Gasteiger partial charge is 0.227 e. The number of nitrogens with one attached hydrogen (secondary N) is 1. The molecule has 0 saturated heterocycles. The number of rotatable bonds is 7. The van der Waals surface area contributed by atoms with E-state index in [1.54, 1.807) is 18.5 Å². The van der Waals surface area contributed by atoms with Crippen molar-refractivity contribution in [1.82, 2.24) is 9.97 Å². The Morgan fingerprint density at radius 2 is 1.94 bits per heavy atom. The highest BCUT2D eigenvalue weighted by atomic mass is 19.1. The molecule has 1 amide bonds. The molecule has 0 bridgehead atoms. The Bertz CT molecular complexity index is 1170. The van der Waals surface area contributed by atoms with Gasteiger partial charge < -0.3 is 9.88 Å². The molecule has 31 heavy (non-hydrogen) atoms. The maximum absolute atomic E-state index is 13.1. The lowest BCUT2D eigenvalue weighted by Crippen LogP contribution is -2.30. The lowest BCUT2D eigenvalue weighted by atomic mass is 9.92. The predicted molar refractivity (Wildman–Crippen MR) is 123 cm³/mol. The summed E-state index contributed by atoms with van der Waals surface area (Å²) in [6, 6.07) is 18.8. The van der Waals surface area contributed by atoms with Gasteiger partial charge in [-0.1, -0.05) is 43.3 Å². The summed E-state index contributed by atoms with van der Waals surface area (Å²) in [6.45, 7) is 4.73. The maximum Gasteiger partial charge on any atom is 0.227 e. The maximum atomic E-state index is 13.1.